The maximum atomic E-state index is 11.0. The Bertz CT molecular complexity index is 970. The topological polar surface area (TPSA) is 56.2 Å². The molecule has 5 nitrogen and oxygen atoms in total. The van der Waals surface area contributed by atoms with Gasteiger partial charge in [0.25, 0.3) is 0 Å². The summed E-state index contributed by atoms with van der Waals surface area (Å²) in [6, 6.07) is 16.2. The Labute approximate surface area is 165 Å². The van der Waals surface area contributed by atoms with Crippen molar-refractivity contribution in [3.8, 4) is 22.8 Å². The Morgan fingerprint density at radius 2 is 1.79 bits per heavy atom. The summed E-state index contributed by atoms with van der Waals surface area (Å²) in [5, 5.41) is 2.82. The molecule has 3 aromatic rings. The second-order valence-corrected chi connectivity index (χ2v) is 6.73. The van der Waals surface area contributed by atoms with Crippen LogP contribution in [-0.4, -0.2) is 29.1 Å². The minimum Gasteiger partial charge on any atom is -0.497 e. The Kier molecular flexibility index (Phi) is 5.94. The van der Waals surface area contributed by atoms with Crippen LogP contribution in [-0.2, 0) is 11.2 Å². The first-order valence-corrected chi connectivity index (χ1v) is 9.21. The minimum absolute atomic E-state index is 0.00788. The molecule has 28 heavy (non-hydrogen) atoms. The van der Waals surface area contributed by atoms with Crippen LogP contribution in [0.1, 0.15) is 25.1 Å². The number of aromatic nitrogens is 2. The summed E-state index contributed by atoms with van der Waals surface area (Å²) < 4.78 is 7.33. The molecule has 144 valence electrons. The minimum atomic E-state index is -0.00788. The number of carbonyl (C=O) groups is 1. The number of imidazole rings is 1. The van der Waals surface area contributed by atoms with Gasteiger partial charge in [-0.1, -0.05) is 18.7 Å². The largest absolute Gasteiger partial charge is 0.497 e. The quantitative estimate of drug-likeness (QED) is 0.671. The van der Waals surface area contributed by atoms with E-state index in [2.05, 4.69) is 40.7 Å². The maximum absolute atomic E-state index is 11.0. The summed E-state index contributed by atoms with van der Waals surface area (Å²) in [5.74, 6) is 1.66. The molecule has 0 unspecified atom stereocenters. The number of ether oxygens (including phenoxy) is 1. The van der Waals surface area contributed by atoms with Gasteiger partial charge in [-0.25, -0.2) is 4.98 Å². The number of nitrogens with one attached hydrogen (secondary N) is 1. The number of benzene rings is 2. The zero-order valence-corrected chi connectivity index (χ0v) is 16.5. The highest BCUT2D eigenvalue weighted by atomic mass is 16.5. The lowest BCUT2D eigenvalue weighted by Crippen LogP contribution is -2.22. The predicted molar refractivity (Wildman–Crippen MR) is 113 cm³/mol. The van der Waals surface area contributed by atoms with Crippen molar-refractivity contribution in [3.05, 3.63) is 72.6 Å². The molecule has 0 atom stereocenters. The summed E-state index contributed by atoms with van der Waals surface area (Å²) in [7, 11) is 1.66. The molecule has 0 bridgehead atoms. The molecule has 0 aliphatic heterocycles. The van der Waals surface area contributed by atoms with Gasteiger partial charge in [0.1, 0.15) is 11.6 Å². The third-order valence-electron chi connectivity index (χ3n) is 4.49. The molecule has 1 N–H and O–H groups in total. The number of amides is 1. The molecular formula is C23H25N3O2. The third kappa shape index (κ3) is 4.49. The van der Waals surface area contributed by atoms with Crippen LogP contribution in [0.15, 0.2) is 61.3 Å². The average molecular weight is 375 g/mol. The van der Waals surface area contributed by atoms with E-state index in [1.165, 1.54) is 12.5 Å². The van der Waals surface area contributed by atoms with Crippen LogP contribution in [0.4, 0.5) is 0 Å². The van der Waals surface area contributed by atoms with Crippen LogP contribution < -0.4 is 10.1 Å². The van der Waals surface area contributed by atoms with Crippen molar-refractivity contribution in [1.82, 2.24) is 14.9 Å². The van der Waals surface area contributed by atoms with Gasteiger partial charge in [-0.3, -0.25) is 9.36 Å². The van der Waals surface area contributed by atoms with Crippen LogP contribution >= 0.6 is 0 Å². The molecule has 0 saturated carbocycles. The molecule has 2 aromatic carbocycles. The summed E-state index contributed by atoms with van der Waals surface area (Å²) in [5.41, 5.74) is 4.97. The van der Waals surface area contributed by atoms with E-state index in [9.17, 15) is 4.79 Å². The van der Waals surface area contributed by atoms with Crippen molar-refractivity contribution in [3.63, 3.8) is 0 Å². The average Bonchev–Trinajstić information content (AvgIpc) is 3.14. The Morgan fingerprint density at radius 1 is 1.11 bits per heavy atom. The highest BCUT2D eigenvalue weighted by Gasteiger charge is 2.12. The van der Waals surface area contributed by atoms with Gasteiger partial charge < -0.3 is 10.1 Å². The highest BCUT2D eigenvalue weighted by molar-refractivity contribution is 5.72. The van der Waals surface area contributed by atoms with E-state index in [1.54, 1.807) is 7.11 Å². The van der Waals surface area contributed by atoms with Crippen molar-refractivity contribution in [2.75, 3.05) is 13.7 Å². The van der Waals surface area contributed by atoms with Gasteiger partial charge in [0.15, 0.2) is 0 Å². The molecule has 0 spiro atoms. The number of methoxy groups -OCH3 is 1. The Hall–Kier alpha value is -3.34. The van der Waals surface area contributed by atoms with Crippen LogP contribution in [0, 0.1) is 0 Å². The fourth-order valence-electron chi connectivity index (χ4n) is 2.93. The molecule has 5 heteroatoms. The molecule has 0 aliphatic rings. The van der Waals surface area contributed by atoms with Crippen LogP contribution in [0.3, 0.4) is 0 Å². The summed E-state index contributed by atoms with van der Waals surface area (Å²) >= 11 is 0. The Balaban J connectivity index is 1.91. The lowest BCUT2D eigenvalue weighted by Gasteiger charge is -2.10. The maximum Gasteiger partial charge on any atom is 0.216 e. The summed E-state index contributed by atoms with van der Waals surface area (Å²) in [6.07, 6.45) is 2.81. The molecule has 0 radical (unpaired) electrons. The first-order valence-electron chi connectivity index (χ1n) is 9.21. The second-order valence-electron chi connectivity index (χ2n) is 6.73. The number of allylic oxidation sites excluding steroid dienone is 1. The van der Waals surface area contributed by atoms with Gasteiger partial charge in [-0.2, -0.15) is 0 Å². The molecule has 1 aromatic heterocycles. The second kappa shape index (κ2) is 8.57. The van der Waals surface area contributed by atoms with Gasteiger partial charge in [-0.15, -0.1) is 0 Å². The molecule has 3 rings (SSSR count). The molecular weight excluding hydrogens is 350 g/mol. The summed E-state index contributed by atoms with van der Waals surface area (Å²) in [6.45, 7) is 8.15. The van der Waals surface area contributed by atoms with Gasteiger partial charge in [-0.05, 0) is 60.9 Å². The van der Waals surface area contributed by atoms with E-state index in [0.29, 0.717) is 6.54 Å². The van der Waals surface area contributed by atoms with Crippen LogP contribution in [0.2, 0.25) is 0 Å². The lowest BCUT2D eigenvalue weighted by molar-refractivity contribution is -0.118. The van der Waals surface area contributed by atoms with Gasteiger partial charge >= 0.3 is 0 Å². The van der Waals surface area contributed by atoms with Crippen LogP contribution in [0.5, 0.6) is 5.75 Å². The first kappa shape index (κ1) is 19.4. The SMILES string of the molecule is C=C(C)c1cn(-c2ccc(CCNC(C)=O)cc2)c(-c2ccc(OC)cc2)n1. The number of rotatable bonds is 7. The van der Waals surface area contributed by atoms with Crippen molar-refractivity contribution in [2.45, 2.75) is 20.3 Å². The zero-order chi connectivity index (χ0) is 20.1. The standard InChI is InChI=1S/C23H25N3O2/c1-16(2)22-15-26(23(25-22)19-7-11-21(28-4)12-8-19)20-9-5-18(6-10-20)13-14-24-17(3)27/h5-12,15H,1,13-14H2,2-4H3,(H,24,27). The van der Waals surface area contributed by atoms with Gasteiger partial charge in [0, 0.05) is 30.9 Å². The molecule has 1 heterocycles. The lowest BCUT2D eigenvalue weighted by atomic mass is 10.1. The van der Waals surface area contributed by atoms with E-state index < -0.39 is 0 Å². The van der Waals surface area contributed by atoms with Crippen LogP contribution in [0.25, 0.3) is 22.6 Å². The van der Waals surface area contributed by atoms with E-state index in [4.69, 9.17) is 9.72 Å². The number of hydrogen-bond donors (Lipinski definition) is 1. The van der Waals surface area contributed by atoms with E-state index in [-0.39, 0.29) is 5.91 Å². The van der Waals surface area contributed by atoms with E-state index >= 15 is 0 Å². The van der Waals surface area contributed by atoms with Crippen molar-refractivity contribution in [1.29, 1.82) is 0 Å². The van der Waals surface area contributed by atoms with Crippen molar-refractivity contribution < 1.29 is 9.53 Å². The fraction of sp³-hybridized carbons (Fsp3) is 0.217. The van der Waals surface area contributed by atoms with Gasteiger partial charge in [0.05, 0.1) is 12.8 Å². The smallest absolute Gasteiger partial charge is 0.216 e. The monoisotopic (exact) mass is 375 g/mol. The molecule has 0 fully saturated rings. The van der Waals surface area contributed by atoms with E-state index in [1.807, 2.05) is 37.4 Å². The number of hydrogen-bond acceptors (Lipinski definition) is 3. The number of nitrogens with zero attached hydrogens (tertiary/aromatic N) is 2. The number of carbonyl (C=O) groups excluding carboxylic acids is 1. The highest BCUT2D eigenvalue weighted by Crippen LogP contribution is 2.27. The van der Waals surface area contributed by atoms with E-state index in [0.717, 1.165) is 40.5 Å². The molecule has 1 amide bonds. The molecule has 0 saturated heterocycles. The first-order chi connectivity index (χ1) is 13.5. The third-order valence-corrected chi connectivity index (χ3v) is 4.49. The Morgan fingerprint density at radius 3 is 2.36 bits per heavy atom. The molecule has 0 aliphatic carbocycles. The zero-order valence-electron chi connectivity index (χ0n) is 16.5. The van der Waals surface area contributed by atoms with Gasteiger partial charge in [0.2, 0.25) is 5.91 Å². The summed E-state index contributed by atoms with van der Waals surface area (Å²) in [4.78, 5) is 15.8. The fourth-order valence-corrected chi connectivity index (χ4v) is 2.93. The normalized spacial score (nSPS) is 10.5. The van der Waals surface area contributed by atoms with Crippen molar-refractivity contribution in [2.24, 2.45) is 0 Å². The van der Waals surface area contributed by atoms with Crippen molar-refractivity contribution >= 4 is 11.5 Å². The predicted octanol–water partition coefficient (Wildman–Crippen LogP) is 4.26.